The lowest BCUT2D eigenvalue weighted by atomic mass is 9.63. The SMILES string of the molecule is CO[C@]1(CN2CCc3ncncc3C2)/C=C\C[C@H](C)[C@@H](C)S(=O)(=O)NC(=O)c2ccc3c(c2)N(C[C@@H]2CC[C@H]21)C[C@@]1(CCCc2cc(Cl)ccc21)CO3. The zero-order valence-corrected chi connectivity index (χ0v) is 32.5. The Hall–Kier alpha value is -3.51. The molecule has 0 radical (unpaired) electrons. The number of carbonyl (C=O) groups is 1. The number of amides is 1. The highest BCUT2D eigenvalue weighted by molar-refractivity contribution is 7.90. The number of nitrogens with zero attached hydrogens (tertiary/aromatic N) is 4. The van der Waals surface area contributed by atoms with Gasteiger partial charge >= 0.3 is 0 Å². The van der Waals surface area contributed by atoms with Crippen LogP contribution in [0.25, 0.3) is 0 Å². The van der Waals surface area contributed by atoms with Gasteiger partial charge in [-0.1, -0.05) is 36.7 Å². The molecule has 6 atom stereocenters. The van der Waals surface area contributed by atoms with Crippen LogP contribution < -0.4 is 14.4 Å². The third-order valence-corrected chi connectivity index (χ3v) is 15.2. The molecule has 12 heteroatoms. The van der Waals surface area contributed by atoms with Crippen LogP contribution in [0.3, 0.4) is 0 Å². The number of halogens is 1. The molecule has 282 valence electrons. The van der Waals surface area contributed by atoms with Crippen LogP contribution in [-0.2, 0) is 39.6 Å². The number of nitrogens with one attached hydrogen (secondary N) is 1. The van der Waals surface area contributed by atoms with Crippen molar-refractivity contribution >= 4 is 33.2 Å². The van der Waals surface area contributed by atoms with E-state index in [1.807, 2.05) is 38.4 Å². The fourth-order valence-corrected chi connectivity index (χ4v) is 11.1. The van der Waals surface area contributed by atoms with Gasteiger partial charge in [0.15, 0.2) is 0 Å². The number of methoxy groups -OCH3 is 1. The average Bonchev–Trinajstić information content (AvgIpc) is 3.28. The van der Waals surface area contributed by atoms with Crippen molar-refractivity contribution in [2.24, 2.45) is 17.8 Å². The number of anilines is 1. The van der Waals surface area contributed by atoms with E-state index in [2.05, 4.69) is 48.8 Å². The van der Waals surface area contributed by atoms with Crippen molar-refractivity contribution in [3.8, 4) is 5.75 Å². The van der Waals surface area contributed by atoms with Crippen LogP contribution in [0.2, 0.25) is 5.02 Å². The summed E-state index contributed by atoms with van der Waals surface area (Å²) < 4.78 is 43.0. The first-order valence-electron chi connectivity index (χ1n) is 19.1. The average molecular weight is 760 g/mol. The fraction of sp³-hybridized carbons (Fsp3) is 0.537. The summed E-state index contributed by atoms with van der Waals surface area (Å²) in [5.41, 5.74) is 5.03. The molecule has 1 N–H and O–H groups in total. The second kappa shape index (κ2) is 14.3. The number of allylic oxidation sites excluding steroid dienone is 1. The summed E-state index contributed by atoms with van der Waals surface area (Å²) in [5.74, 6) is 0.357. The highest BCUT2D eigenvalue weighted by atomic mass is 35.5. The summed E-state index contributed by atoms with van der Waals surface area (Å²) in [6, 6.07) is 11.6. The van der Waals surface area contributed by atoms with Gasteiger partial charge in [0.1, 0.15) is 17.7 Å². The van der Waals surface area contributed by atoms with Gasteiger partial charge in [0.05, 0.1) is 17.5 Å². The molecule has 3 aliphatic heterocycles. The molecule has 4 heterocycles. The van der Waals surface area contributed by atoms with Gasteiger partial charge in [-0.05, 0) is 105 Å². The standard InChI is InChI=1S/C41H50ClN5O5S/c1-27-6-4-16-41(51-3,24-46-17-14-36-32(21-46)20-43-26-44-36)35-11-8-31(35)22-47-23-40(15-5-7-29-18-33(42)10-12-34(29)40)25-52-38-13-9-30(19-37(38)47)39(48)45-53(49,50)28(27)2/h4,9-10,12-13,16,18-20,26-28,31,35H,5-8,11,14-15,17,21-25H2,1-3H3,(H,45,48)/b16-4-/t27-,28+,31-,35+,40-,41-/m0/s1. The zero-order valence-electron chi connectivity index (χ0n) is 30.9. The van der Waals surface area contributed by atoms with E-state index in [1.54, 1.807) is 19.3 Å². The molecule has 1 aromatic heterocycles. The van der Waals surface area contributed by atoms with Crippen molar-refractivity contribution in [3.63, 3.8) is 0 Å². The van der Waals surface area contributed by atoms with Crippen LogP contribution in [0.15, 0.2) is 61.1 Å². The molecule has 1 spiro atoms. The van der Waals surface area contributed by atoms with Gasteiger partial charge in [-0.15, -0.1) is 0 Å². The quantitative estimate of drug-likeness (QED) is 0.316. The number of sulfonamides is 1. The van der Waals surface area contributed by atoms with E-state index in [0.717, 1.165) is 80.1 Å². The zero-order chi connectivity index (χ0) is 37.0. The van der Waals surface area contributed by atoms with Crippen LogP contribution in [0.1, 0.15) is 78.7 Å². The van der Waals surface area contributed by atoms with Gasteiger partial charge in [0, 0.05) is 79.7 Å². The first-order chi connectivity index (χ1) is 25.5. The molecule has 5 aliphatic rings. The molecule has 0 unspecified atom stereocenters. The number of hydrogen-bond acceptors (Lipinski definition) is 9. The van der Waals surface area contributed by atoms with Gasteiger partial charge in [-0.2, -0.15) is 0 Å². The second-order valence-electron chi connectivity index (χ2n) is 16.1. The molecule has 1 amide bonds. The topological polar surface area (TPSA) is 114 Å². The van der Waals surface area contributed by atoms with E-state index in [1.165, 1.54) is 11.1 Å². The molecule has 3 aromatic rings. The van der Waals surface area contributed by atoms with Gasteiger partial charge in [-0.3, -0.25) is 9.69 Å². The molecule has 1 saturated carbocycles. The lowest BCUT2D eigenvalue weighted by molar-refractivity contribution is -0.0932. The Balaban J connectivity index is 1.20. The van der Waals surface area contributed by atoms with E-state index in [4.69, 9.17) is 21.1 Å². The minimum absolute atomic E-state index is 0.217. The normalized spacial score (nSPS) is 31.8. The minimum Gasteiger partial charge on any atom is -0.490 e. The second-order valence-corrected chi connectivity index (χ2v) is 18.6. The Morgan fingerprint density at radius 3 is 2.79 bits per heavy atom. The van der Waals surface area contributed by atoms with E-state index in [-0.39, 0.29) is 17.3 Å². The lowest BCUT2D eigenvalue weighted by Gasteiger charge is -2.52. The highest BCUT2D eigenvalue weighted by Crippen LogP contribution is 2.49. The predicted molar refractivity (Wildman–Crippen MR) is 206 cm³/mol. The number of aromatic nitrogens is 2. The summed E-state index contributed by atoms with van der Waals surface area (Å²) >= 11 is 6.50. The van der Waals surface area contributed by atoms with Crippen molar-refractivity contribution in [3.05, 3.63) is 94.0 Å². The molecule has 0 saturated heterocycles. The summed E-state index contributed by atoms with van der Waals surface area (Å²) in [6.45, 7) is 7.88. The smallest absolute Gasteiger partial charge is 0.264 e. The monoisotopic (exact) mass is 759 g/mol. The molecule has 1 fully saturated rings. The van der Waals surface area contributed by atoms with Gasteiger partial charge in [0.2, 0.25) is 10.0 Å². The lowest BCUT2D eigenvalue weighted by Crippen LogP contribution is -2.57. The van der Waals surface area contributed by atoms with E-state index < -0.39 is 26.8 Å². The molecule has 10 nitrogen and oxygen atoms in total. The van der Waals surface area contributed by atoms with Crippen molar-refractivity contribution in [2.75, 3.05) is 44.8 Å². The molecular weight excluding hydrogens is 710 g/mol. The number of aryl methyl sites for hydroxylation is 1. The molecule has 53 heavy (non-hydrogen) atoms. The van der Waals surface area contributed by atoms with Crippen molar-refractivity contribution < 1.29 is 22.7 Å². The van der Waals surface area contributed by atoms with E-state index >= 15 is 0 Å². The Kier molecular flexibility index (Phi) is 9.83. The van der Waals surface area contributed by atoms with E-state index in [9.17, 15) is 13.2 Å². The Morgan fingerprint density at radius 2 is 1.98 bits per heavy atom. The van der Waals surface area contributed by atoms with Crippen LogP contribution in [0.5, 0.6) is 5.75 Å². The summed E-state index contributed by atoms with van der Waals surface area (Å²) in [7, 11) is -2.15. The van der Waals surface area contributed by atoms with Crippen molar-refractivity contribution in [2.45, 2.75) is 81.6 Å². The fourth-order valence-electron chi connectivity index (χ4n) is 9.62. The number of fused-ring (bicyclic) bond motifs is 5. The maximum Gasteiger partial charge on any atom is 0.264 e. The highest BCUT2D eigenvalue weighted by Gasteiger charge is 2.50. The van der Waals surface area contributed by atoms with Gasteiger partial charge in [-0.25, -0.2) is 23.1 Å². The first kappa shape index (κ1) is 36.5. The largest absolute Gasteiger partial charge is 0.490 e. The number of carbonyl (C=O) groups excluding carboxylic acids is 1. The third kappa shape index (κ3) is 6.87. The minimum atomic E-state index is -3.97. The van der Waals surface area contributed by atoms with Gasteiger partial charge in [0.25, 0.3) is 5.91 Å². The van der Waals surface area contributed by atoms with Crippen LogP contribution in [0.4, 0.5) is 5.69 Å². The maximum atomic E-state index is 13.7. The number of ether oxygens (including phenoxy) is 2. The molecule has 2 bridgehead atoms. The number of rotatable bonds is 3. The molecule has 8 rings (SSSR count). The van der Waals surface area contributed by atoms with Crippen LogP contribution in [-0.4, -0.2) is 79.9 Å². The molecule has 2 aromatic carbocycles. The Bertz CT molecular complexity index is 2030. The Labute approximate surface area is 318 Å². The van der Waals surface area contributed by atoms with Crippen LogP contribution >= 0.6 is 11.6 Å². The molecular formula is C41H50ClN5O5S. The van der Waals surface area contributed by atoms with E-state index in [0.29, 0.717) is 43.3 Å². The first-order valence-corrected chi connectivity index (χ1v) is 21.0. The number of hydrogen-bond donors (Lipinski definition) is 1. The third-order valence-electron chi connectivity index (χ3n) is 13.0. The van der Waals surface area contributed by atoms with Crippen molar-refractivity contribution in [1.82, 2.24) is 19.6 Å². The van der Waals surface area contributed by atoms with Crippen LogP contribution in [0, 0.1) is 17.8 Å². The van der Waals surface area contributed by atoms with Crippen molar-refractivity contribution in [1.29, 1.82) is 0 Å². The Morgan fingerprint density at radius 1 is 1.11 bits per heavy atom. The summed E-state index contributed by atoms with van der Waals surface area (Å²) in [6.07, 6.45) is 14.3. The summed E-state index contributed by atoms with van der Waals surface area (Å²) in [4.78, 5) is 27.4. The maximum absolute atomic E-state index is 13.7. The number of benzene rings is 2. The van der Waals surface area contributed by atoms with Gasteiger partial charge < -0.3 is 14.4 Å². The molecule has 2 aliphatic carbocycles. The predicted octanol–water partition coefficient (Wildman–Crippen LogP) is 6.12. The summed E-state index contributed by atoms with van der Waals surface area (Å²) in [5, 5.41) is -0.0552.